The molecule has 0 aromatic rings. The van der Waals surface area contributed by atoms with Crippen LogP contribution in [0.4, 0.5) is 0 Å². The van der Waals surface area contributed by atoms with Crippen LogP contribution in [0.5, 0.6) is 0 Å². The predicted molar refractivity (Wildman–Crippen MR) is 56.5 cm³/mol. The number of hydrogen-bond acceptors (Lipinski definition) is 3. The lowest BCUT2D eigenvalue weighted by molar-refractivity contribution is -0.147. The Morgan fingerprint density at radius 2 is 2.07 bits per heavy atom. The molecule has 0 amide bonds. The molecule has 0 aromatic heterocycles. The van der Waals surface area contributed by atoms with Gasteiger partial charge in [0.15, 0.2) is 0 Å². The molecule has 1 unspecified atom stereocenters. The van der Waals surface area contributed by atoms with Gasteiger partial charge in [-0.15, -0.1) is 12.4 Å². The molecule has 2 saturated heterocycles. The SMILES string of the molecule is CCOC(=O)CC1[C@@H]2CNC[C@H]1C2.Cl. The fourth-order valence-corrected chi connectivity index (χ4v) is 2.60. The van der Waals surface area contributed by atoms with Crippen LogP contribution < -0.4 is 5.32 Å². The summed E-state index contributed by atoms with van der Waals surface area (Å²) < 4.78 is 4.95. The van der Waals surface area contributed by atoms with Crippen LogP contribution in [-0.4, -0.2) is 25.7 Å². The van der Waals surface area contributed by atoms with Crippen LogP contribution >= 0.6 is 12.4 Å². The summed E-state index contributed by atoms with van der Waals surface area (Å²) in [7, 11) is 0. The van der Waals surface area contributed by atoms with E-state index in [1.807, 2.05) is 6.92 Å². The van der Waals surface area contributed by atoms with Crippen molar-refractivity contribution in [3.05, 3.63) is 0 Å². The van der Waals surface area contributed by atoms with Gasteiger partial charge in [0, 0.05) is 6.42 Å². The molecular weight excluding hydrogens is 202 g/mol. The van der Waals surface area contributed by atoms with E-state index in [1.165, 1.54) is 6.42 Å². The molecule has 2 bridgehead atoms. The molecule has 1 N–H and O–H groups in total. The van der Waals surface area contributed by atoms with E-state index in [9.17, 15) is 4.79 Å². The number of fused-ring (bicyclic) bond motifs is 2. The van der Waals surface area contributed by atoms with Crippen LogP contribution in [0.15, 0.2) is 0 Å². The van der Waals surface area contributed by atoms with Crippen molar-refractivity contribution in [1.82, 2.24) is 5.32 Å². The fourth-order valence-electron chi connectivity index (χ4n) is 2.60. The van der Waals surface area contributed by atoms with Crippen molar-refractivity contribution in [2.24, 2.45) is 17.8 Å². The van der Waals surface area contributed by atoms with Crippen LogP contribution in [0.1, 0.15) is 19.8 Å². The second-order valence-electron chi connectivity index (χ2n) is 4.09. The fraction of sp³-hybridized carbons (Fsp3) is 0.900. The Hall–Kier alpha value is -0.280. The summed E-state index contributed by atoms with van der Waals surface area (Å²) in [4.78, 5) is 11.2. The molecule has 82 valence electrons. The monoisotopic (exact) mass is 219 g/mol. The van der Waals surface area contributed by atoms with Crippen LogP contribution in [0, 0.1) is 17.8 Å². The van der Waals surface area contributed by atoms with Crippen molar-refractivity contribution in [2.45, 2.75) is 19.8 Å². The van der Waals surface area contributed by atoms with E-state index in [-0.39, 0.29) is 18.4 Å². The number of carbonyl (C=O) groups is 1. The Balaban J connectivity index is 0.000000980. The molecule has 2 heterocycles. The van der Waals surface area contributed by atoms with Gasteiger partial charge in [0.1, 0.15) is 0 Å². The highest BCUT2D eigenvalue weighted by Crippen LogP contribution is 2.44. The minimum Gasteiger partial charge on any atom is -0.466 e. The molecule has 14 heavy (non-hydrogen) atoms. The van der Waals surface area contributed by atoms with E-state index in [4.69, 9.17) is 4.74 Å². The second kappa shape index (κ2) is 4.99. The first kappa shape index (κ1) is 11.8. The summed E-state index contributed by atoms with van der Waals surface area (Å²) in [5.74, 6) is 2.08. The van der Waals surface area contributed by atoms with E-state index in [0.29, 0.717) is 18.9 Å². The van der Waals surface area contributed by atoms with Gasteiger partial charge in [-0.2, -0.15) is 0 Å². The maximum atomic E-state index is 11.2. The molecule has 3 nitrogen and oxygen atoms in total. The van der Waals surface area contributed by atoms with Crippen molar-refractivity contribution in [3.8, 4) is 0 Å². The zero-order valence-electron chi connectivity index (χ0n) is 8.49. The lowest BCUT2D eigenvalue weighted by Crippen LogP contribution is -2.53. The minimum atomic E-state index is -0.0101. The quantitative estimate of drug-likeness (QED) is 0.726. The summed E-state index contributed by atoms with van der Waals surface area (Å²) in [6, 6.07) is 0. The average molecular weight is 220 g/mol. The van der Waals surface area contributed by atoms with Crippen LogP contribution in [0.3, 0.4) is 0 Å². The molecule has 1 saturated carbocycles. The van der Waals surface area contributed by atoms with E-state index in [0.717, 1.165) is 24.9 Å². The average Bonchev–Trinajstić information content (AvgIpc) is 2.16. The summed E-state index contributed by atoms with van der Waals surface area (Å²) in [5, 5.41) is 3.37. The minimum absolute atomic E-state index is 0. The van der Waals surface area contributed by atoms with Gasteiger partial charge < -0.3 is 10.1 Å². The third kappa shape index (κ3) is 2.20. The van der Waals surface area contributed by atoms with Crippen LogP contribution in [0.2, 0.25) is 0 Å². The van der Waals surface area contributed by atoms with Crippen molar-refractivity contribution in [2.75, 3.05) is 19.7 Å². The molecule has 0 aromatic carbocycles. The van der Waals surface area contributed by atoms with Crippen molar-refractivity contribution >= 4 is 18.4 Å². The topological polar surface area (TPSA) is 38.3 Å². The third-order valence-electron chi connectivity index (χ3n) is 3.34. The number of rotatable bonds is 3. The van der Waals surface area contributed by atoms with Crippen molar-refractivity contribution < 1.29 is 9.53 Å². The number of carbonyl (C=O) groups excluding carboxylic acids is 1. The molecule has 2 aliphatic heterocycles. The van der Waals surface area contributed by atoms with Crippen LogP contribution in [0.25, 0.3) is 0 Å². The Morgan fingerprint density at radius 1 is 1.43 bits per heavy atom. The molecule has 0 spiro atoms. The highest BCUT2D eigenvalue weighted by atomic mass is 35.5. The Morgan fingerprint density at radius 3 is 2.57 bits per heavy atom. The van der Waals surface area contributed by atoms with E-state index < -0.39 is 0 Å². The Bertz CT molecular complexity index is 196. The molecule has 3 aliphatic rings. The van der Waals surface area contributed by atoms with Gasteiger partial charge >= 0.3 is 5.97 Å². The van der Waals surface area contributed by atoms with Gasteiger partial charge in [0.25, 0.3) is 0 Å². The predicted octanol–water partition coefficient (Wildman–Crippen LogP) is 1.22. The molecule has 1 aliphatic carbocycles. The standard InChI is InChI=1S/C10H17NO2.ClH/c1-2-13-10(12)4-9-7-3-8(9)6-11-5-7;/h7-9,11H,2-6H2,1H3;1H/t7-,8+,9?;. The first-order valence-electron chi connectivity index (χ1n) is 5.17. The van der Waals surface area contributed by atoms with Crippen molar-refractivity contribution in [3.63, 3.8) is 0 Å². The largest absolute Gasteiger partial charge is 0.466 e. The molecular formula is C10H18ClNO2. The number of piperidine rings is 2. The summed E-state index contributed by atoms with van der Waals surface area (Å²) in [6.45, 7) is 4.57. The first-order chi connectivity index (χ1) is 6.31. The molecule has 3 fully saturated rings. The highest BCUT2D eigenvalue weighted by molar-refractivity contribution is 5.85. The number of ether oxygens (including phenoxy) is 1. The van der Waals surface area contributed by atoms with Gasteiger partial charge in [0.05, 0.1) is 6.61 Å². The van der Waals surface area contributed by atoms with Gasteiger partial charge in [-0.1, -0.05) is 0 Å². The Labute approximate surface area is 91.0 Å². The van der Waals surface area contributed by atoms with E-state index >= 15 is 0 Å². The van der Waals surface area contributed by atoms with Crippen LogP contribution in [-0.2, 0) is 9.53 Å². The second-order valence-corrected chi connectivity index (χ2v) is 4.09. The number of nitrogens with one attached hydrogen (secondary N) is 1. The number of hydrogen-bond donors (Lipinski definition) is 1. The molecule has 0 radical (unpaired) electrons. The maximum Gasteiger partial charge on any atom is 0.306 e. The zero-order chi connectivity index (χ0) is 9.26. The van der Waals surface area contributed by atoms with E-state index in [2.05, 4.69) is 5.32 Å². The zero-order valence-corrected chi connectivity index (χ0v) is 9.31. The summed E-state index contributed by atoms with van der Waals surface area (Å²) in [5.41, 5.74) is 0. The van der Waals surface area contributed by atoms with Crippen molar-refractivity contribution in [1.29, 1.82) is 0 Å². The number of esters is 1. The maximum absolute atomic E-state index is 11.2. The van der Waals surface area contributed by atoms with Gasteiger partial charge in [-0.05, 0) is 44.2 Å². The lowest BCUT2D eigenvalue weighted by atomic mass is 9.61. The Kier molecular flexibility index (Phi) is 4.20. The summed E-state index contributed by atoms with van der Waals surface area (Å²) >= 11 is 0. The molecule has 3 rings (SSSR count). The van der Waals surface area contributed by atoms with Gasteiger partial charge in [-0.25, -0.2) is 0 Å². The lowest BCUT2D eigenvalue weighted by Gasteiger charge is -2.49. The normalized spacial score (nSPS) is 33.9. The van der Waals surface area contributed by atoms with Gasteiger partial charge in [-0.3, -0.25) is 4.79 Å². The first-order valence-corrected chi connectivity index (χ1v) is 5.17. The number of halogens is 1. The third-order valence-corrected chi connectivity index (χ3v) is 3.34. The molecule has 4 heteroatoms. The van der Waals surface area contributed by atoms with Gasteiger partial charge in [0.2, 0.25) is 0 Å². The smallest absolute Gasteiger partial charge is 0.306 e. The highest BCUT2D eigenvalue weighted by Gasteiger charge is 2.44. The summed E-state index contributed by atoms with van der Waals surface area (Å²) in [6.07, 6.45) is 1.96. The molecule has 3 atom stereocenters. The van der Waals surface area contributed by atoms with E-state index in [1.54, 1.807) is 0 Å².